The van der Waals surface area contributed by atoms with Crippen LogP contribution in [-0.2, 0) is 9.53 Å². The van der Waals surface area contributed by atoms with E-state index in [2.05, 4.69) is 6.92 Å². The first kappa shape index (κ1) is 19.6. The number of nitriles is 1. The van der Waals surface area contributed by atoms with Gasteiger partial charge in [0.25, 0.3) is 0 Å². The fourth-order valence-corrected chi connectivity index (χ4v) is 2.19. The van der Waals surface area contributed by atoms with Crippen molar-refractivity contribution in [2.45, 2.75) is 39.0 Å². The molecule has 0 aliphatic heterocycles. The van der Waals surface area contributed by atoms with E-state index < -0.39 is 5.97 Å². The fraction of sp³-hybridized carbons (Fsp3) is 0.474. The summed E-state index contributed by atoms with van der Waals surface area (Å²) in [6, 6.07) is 7.06. The molecule has 0 unspecified atom stereocenters. The molecule has 0 heterocycles. The Labute approximate surface area is 143 Å². The van der Waals surface area contributed by atoms with Crippen LogP contribution in [0.2, 0.25) is 0 Å². The summed E-state index contributed by atoms with van der Waals surface area (Å²) in [7, 11) is 3.08. The Balaban J connectivity index is 2.66. The van der Waals surface area contributed by atoms with Gasteiger partial charge in [-0.15, -0.1) is 0 Å². The first-order valence-corrected chi connectivity index (χ1v) is 8.17. The number of unbranched alkanes of at least 4 members (excludes halogenated alkanes) is 4. The van der Waals surface area contributed by atoms with E-state index in [1.165, 1.54) is 26.0 Å². The number of methoxy groups -OCH3 is 2. The number of rotatable bonds is 10. The van der Waals surface area contributed by atoms with Crippen LogP contribution in [0, 0.1) is 11.3 Å². The molecular formula is C19H25NO4. The molecular weight excluding hydrogens is 306 g/mol. The molecule has 0 aliphatic rings. The van der Waals surface area contributed by atoms with Crippen molar-refractivity contribution in [2.75, 3.05) is 20.8 Å². The van der Waals surface area contributed by atoms with E-state index in [9.17, 15) is 10.1 Å². The van der Waals surface area contributed by atoms with Crippen molar-refractivity contribution in [3.8, 4) is 17.6 Å². The minimum absolute atomic E-state index is 0.0317. The van der Waals surface area contributed by atoms with Crippen LogP contribution in [0.3, 0.4) is 0 Å². The van der Waals surface area contributed by atoms with Crippen molar-refractivity contribution in [1.29, 1.82) is 5.26 Å². The van der Waals surface area contributed by atoms with E-state index in [4.69, 9.17) is 14.2 Å². The smallest absolute Gasteiger partial charge is 0.348 e. The molecule has 0 N–H and O–H groups in total. The predicted octanol–water partition coefficient (Wildman–Crippen LogP) is 4.12. The third-order valence-electron chi connectivity index (χ3n) is 3.54. The minimum Gasteiger partial charge on any atom is -0.493 e. The molecule has 1 aromatic rings. The summed E-state index contributed by atoms with van der Waals surface area (Å²) in [4.78, 5) is 12.0. The molecule has 0 saturated heterocycles. The molecule has 0 aliphatic carbocycles. The minimum atomic E-state index is -0.595. The van der Waals surface area contributed by atoms with E-state index in [-0.39, 0.29) is 5.57 Å². The summed E-state index contributed by atoms with van der Waals surface area (Å²) in [5, 5.41) is 9.18. The average molecular weight is 331 g/mol. The van der Waals surface area contributed by atoms with E-state index in [0.717, 1.165) is 19.3 Å². The van der Waals surface area contributed by atoms with E-state index >= 15 is 0 Å². The van der Waals surface area contributed by atoms with Gasteiger partial charge in [0.2, 0.25) is 0 Å². The lowest BCUT2D eigenvalue weighted by Gasteiger charge is -2.08. The molecule has 5 nitrogen and oxygen atoms in total. The highest BCUT2D eigenvalue weighted by Crippen LogP contribution is 2.28. The summed E-state index contributed by atoms with van der Waals surface area (Å²) in [5.74, 6) is 0.526. The summed E-state index contributed by atoms with van der Waals surface area (Å²) in [6.45, 7) is 2.49. The first-order valence-electron chi connectivity index (χ1n) is 8.17. The maximum absolute atomic E-state index is 12.0. The molecule has 0 aromatic heterocycles. The Bertz CT molecular complexity index is 602. The first-order chi connectivity index (χ1) is 11.7. The normalized spacial score (nSPS) is 10.8. The van der Waals surface area contributed by atoms with Crippen LogP contribution in [0.4, 0.5) is 0 Å². The lowest BCUT2D eigenvalue weighted by molar-refractivity contribution is -0.138. The largest absolute Gasteiger partial charge is 0.493 e. The fourth-order valence-electron chi connectivity index (χ4n) is 2.19. The van der Waals surface area contributed by atoms with Gasteiger partial charge in [0.05, 0.1) is 20.8 Å². The zero-order chi connectivity index (χ0) is 17.8. The Kier molecular flexibility index (Phi) is 9.06. The Morgan fingerprint density at radius 1 is 1.12 bits per heavy atom. The number of carbonyl (C=O) groups excluding carboxylic acids is 1. The number of esters is 1. The highest BCUT2D eigenvalue weighted by atomic mass is 16.5. The quantitative estimate of drug-likeness (QED) is 0.279. The van der Waals surface area contributed by atoms with Gasteiger partial charge in [0.1, 0.15) is 11.6 Å². The molecule has 0 radical (unpaired) electrons. The van der Waals surface area contributed by atoms with Gasteiger partial charge in [0, 0.05) is 0 Å². The monoisotopic (exact) mass is 331 g/mol. The zero-order valence-corrected chi connectivity index (χ0v) is 14.6. The molecule has 0 saturated carbocycles. The van der Waals surface area contributed by atoms with Crippen molar-refractivity contribution in [2.24, 2.45) is 0 Å². The Morgan fingerprint density at radius 3 is 2.46 bits per heavy atom. The molecule has 0 fully saturated rings. The number of carbonyl (C=O) groups is 1. The van der Waals surface area contributed by atoms with Crippen LogP contribution in [0.1, 0.15) is 44.6 Å². The van der Waals surface area contributed by atoms with Crippen molar-refractivity contribution < 1.29 is 19.0 Å². The van der Waals surface area contributed by atoms with Crippen LogP contribution >= 0.6 is 0 Å². The number of hydrogen-bond donors (Lipinski definition) is 0. The average Bonchev–Trinajstić information content (AvgIpc) is 2.62. The zero-order valence-electron chi connectivity index (χ0n) is 14.6. The van der Waals surface area contributed by atoms with Gasteiger partial charge in [-0.05, 0) is 30.2 Å². The second-order valence-corrected chi connectivity index (χ2v) is 5.33. The highest BCUT2D eigenvalue weighted by Gasteiger charge is 2.11. The molecule has 0 atom stereocenters. The van der Waals surface area contributed by atoms with Crippen LogP contribution in [0.25, 0.3) is 6.08 Å². The number of ether oxygens (including phenoxy) is 3. The third kappa shape index (κ3) is 6.33. The molecule has 5 heteroatoms. The maximum Gasteiger partial charge on any atom is 0.348 e. The van der Waals surface area contributed by atoms with Crippen LogP contribution < -0.4 is 9.47 Å². The predicted molar refractivity (Wildman–Crippen MR) is 92.9 cm³/mol. The van der Waals surface area contributed by atoms with Gasteiger partial charge in [-0.2, -0.15) is 5.26 Å². The van der Waals surface area contributed by atoms with Crippen molar-refractivity contribution in [1.82, 2.24) is 0 Å². The number of hydrogen-bond acceptors (Lipinski definition) is 5. The second kappa shape index (κ2) is 11.1. The summed E-state index contributed by atoms with van der Waals surface area (Å²) < 4.78 is 15.5. The van der Waals surface area contributed by atoms with E-state index in [1.54, 1.807) is 25.3 Å². The van der Waals surface area contributed by atoms with Crippen LogP contribution in [-0.4, -0.2) is 26.8 Å². The lowest BCUT2D eigenvalue weighted by Crippen LogP contribution is -2.08. The molecule has 1 aromatic carbocycles. The van der Waals surface area contributed by atoms with Gasteiger partial charge in [0.15, 0.2) is 11.5 Å². The molecule has 0 spiro atoms. The maximum atomic E-state index is 12.0. The van der Waals surface area contributed by atoms with E-state index in [0.29, 0.717) is 23.7 Å². The second-order valence-electron chi connectivity index (χ2n) is 5.33. The van der Waals surface area contributed by atoms with Crippen molar-refractivity contribution in [3.63, 3.8) is 0 Å². The van der Waals surface area contributed by atoms with Crippen molar-refractivity contribution >= 4 is 12.0 Å². The van der Waals surface area contributed by atoms with Gasteiger partial charge in [-0.25, -0.2) is 4.79 Å². The Hall–Kier alpha value is -2.48. The molecule has 0 amide bonds. The summed E-state index contributed by atoms with van der Waals surface area (Å²) in [5.41, 5.74) is 0.639. The topological polar surface area (TPSA) is 68.6 Å². The van der Waals surface area contributed by atoms with Crippen LogP contribution in [0.15, 0.2) is 23.8 Å². The Morgan fingerprint density at radius 2 is 1.83 bits per heavy atom. The van der Waals surface area contributed by atoms with Gasteiger partial charge in [-0.1, -0.05) is 38.7 Å². The lowest BCUT2D eigenvalue weighted by atomic mass is 10.1. The van der Waals surface area contributed by atoms with Crippen LogP contribution in [0.5, 0.6) is 11.5 Å². The summed E-state index contributed by atoms with van der Waals surface area (Å²) >= 11 is 0. The highest BCUT2D eigenvalue weighted by molar-refractivity contribution is 5.97. The summed E-state index contributed by atoms with van der Waals surface area (Å²) in [6.07, 6.45) is 6.84. The van der Waals surface area contributed by atoms with E-state index in [1.807, 2.05) is 6.07 Å². The van der Waals surface area contributed by atoms with Gasteiger partial charge < -0.3 is 14.2 Å². The van der Waals surface area contributed by atoms with Gasteiger partial charge in [-0.3, -0.25) is 0 Å². The number of nitrogens with zero attached hydrogens (tertiary/aromatic N) is 1. The number of benzene rings is 1. The molecule has 130 valence electrons. The SMILES string of the molecule is CCCCCCCOC(=O)C(C#N)=Cc1ccc(OC)c(OC)c1. The molecule has 0 bridgehead atoms. The third-order valence-corrected chi connectivity index (χ3v) is 3.54. The standard InChI is InChI=1S/C19H25NO4/c1-4-5-6-7-8-11-24-19(21)16(14-20)12-15-9-10-17(22-2)18(13-15)23-3/h9-10,12-13H,4-8,11H2,1-3H3. The van der Waals surface area contributed by atoms with Gasteiger partial charge >= 0.3 is 5.97 Å². The molecule has 1 rings (SSSR count). The molecule has 24 heavy (non-hydrogen) atoms. The van der Waals surface area contributed by atoms with Crippen molar-refractivity contribution in [3.05, 3.63) is 29.3 Å².